The Bertz CT molecular complexity index is 355. The summed E-state index contributed by atoms with van der Waals surface area (Å²) in [6, 6.07) is 6.88. The summed E-state index contributed by atoms with van der Waals surface area (Å²) in [4.78, 5) is 6.66. The molecule has 0 N–H and O–H groups in total. The monoisotopic (exact) mass is 215 g/mol. The molecule has 1 atom stereocenters. The van der Waals surface area contributed by atoms with Crippen LogP contribution in [0.2, 0.25) is 0 Å². The van der Waals surface area contributed by atoms with Crippen LogP contribution in [0.25, 0.3) is 0 Å². The number of nitriles is 1. The van der Waals surface area contributed by atoms with Gasteiger partial charge in [-0.1, -0.05) is 6.07 Å². The predicted molar refractivity (Wildman–Crippen MR) is 62.6 cm³/mol. The fourth-order valence-electron chi connectivity index (χ4n) is 2.41. The van der Waals surface area contributed by atoms with Gasteiger partial charge in [-0.15, -0.1) is 0 Å². The molecule has 2 heterocycles. The van der Waals surface area contributed by atoms with Crippen molar-refractivity contribution in [2.75, 3.05) is 13.1 Å². The van der Waals surface area contributed by atoms with Gasteiger partial charge in [0.1, 0.15) is 0 Å². The molecule has 2 rings (SSSR count). The Kier molecular flexibility index (Phi) is 3.90. The summed E-state index contributed by atoms with van der Waals surface area (Å²) in [5, 5.41) is 8.54. The number of rotatable bonds is 4. The molecule has 0 unspecified atom stereocenters. The molecule has 1 aromatic heterocycles. The molecule has 0 radical (unpaired) electrons. The topological polar surface area (TPSA) is 39.9 Å². The van der Waals surface area contributed by atoms with Crippen LogP contribution in [-0.2, 0) is 0 Å². The standard InChI is InChI=1S/C13H17N3/c14-7-1-2-9-16-10-4-6-13(16)12-5-3-8-15-11-12/h3,5,8,11,13H,1-2,4,6,9-10H2/t13-/m1/s1. The number of hydrogen-bond acceptors (Lipinski definition) is 3. The molecule has 1 aliphatic heterocycles. The maximum absolute atomic E-state index is 8.54. The lowest BCUT2D eigenvalue weighted by Gasteiger charge is -2.23. The fraction of sp³-hybridized carbons (Fsp3) is 0.538. The summed E-state index contributed by atoms with van der Waals surface area (Å²) in [7, 11) is 0. The lowest BCUT2D eigenvalue weighted by molar-refractivity contribution is 0.255. The van der Waals surface area contributed by atoms with Crippen LogP contribution in [0.5, 0.6) is 0 Å². The van der Waals surface area contributed by atoms with Crippen LogP contribution >= 0.6 is 0 Å². The van der Waals surface area contributed by atoms with E-state index in [9.17, 15) is 0 Å². The zero-order valence-electron chi connectivity index (χ0n) is 9.47. The van der Waals surface area contributed by atoms with E-state index in [0.29, 0.717) is 12.5 Å². The Morgan fingerprint density at radius 3 is 3.25 bits per heavy atom. The van der Waals surface area contributed by atoms with Gasteiger partial charge in [0, 0.05) is 24.9 Å². The van der Waals surface area contributed by atoms with Crippen LogP contribution in [0.1, 0.15) is 37.3 Å². The maximum Gasteiger partial charge on any atom is 0.0622 e. The second-order valence-corrected chi connectivity index (χ2v) is 4.24. The third-order valence-corrected chi connectivity index (χ3v) is 3.17. The van der Waals surface area contributed by atoms with Gasteiger partial charge in [-0.2, -0.15) is 5.26 Å². The molecule has 1 saturated heterocycles. The Hall–Kier alpha value is -1.40. The van der Waals surface area contributed by atoms with E-state index < -0.39 is 0 Å². The Balaban J connectivity index is 1.96. The normalized spacial score (nSPS) is 20.8. The molecule has 0 aromatic carbocycles. The van der Waals surface area contributed by atoms with E-state index in [-0.39, 0.29) is 0 Å². The number of unbranched alkanes of at least 4 members (excludes halogenated alkanes) is 1. The lowest BCUT2D eigenvalue weighted by atomic mass is 10.1. The zero-order valence-corrected chi connectivity index (χ0v) is 9.47. The van der Waals surface area contributed by atoms with Gasteiger partial charge >= 0.3 is 0 Å². The number of hydrogen-bond donors (Lipinski definition) is 0. The van der Waals surface area contributed by atoms with Crippen LogP contribution in [0.3, 0.4) is 0 Å². The zero-order chi connectivity index (χ0) is 11.2. The minimum Gasteiger partial charge on any atom is -0.296 e. The molecule has 0 saturated carbocycles. The predicted octanol–water partition coefficient (Wildman–Crippen LogP) is 2.52. The molecule has 1 fully saturated rings. The summed E-state index contributed by atoms with van der Waals surface area (Å²) < 4.78 is 0. The van der Waals surface area contributed by atoms with Crippen molar-refractivity contribution in [1.29, 1.82) is 5.26 Å². The third-order valence-electron chi connectivity index (χ3n) is 3.17. The number of nitrogens with zero attached hydrogens (tertiary/aromatic N) is 3. The van der Waals surface area contributed by atoms with Crippen molar-refractivity contribution in [2.45, 2.75) is 31.7 Å². The first-order valence-corrected chi connectivity index (χ1v) is 5.93. The molecular formula is C13H17N3. The van der Waals surface area contributed by atoms with E-state index in [4.69, 9.17) is 5.26 Å². The molecule has 0 spiro atoms. The first-order valence-electron chi connectivity index (χ1n) is 5.93. The Morgan fingerprint density at radius 1 is 1.56 bits per heavy atom. The van der Waals surface area contributed by atoms with Gasteiger partial charge in [0.05, 0.1) is 6.07 Å². The smallest absolute Gasteiger partial charge is 0.0622 e. The van der Waals surface area contributed by atoms with Gasteiger partial charge in [-0.05, 0) is 44.0 Å². The molecule has 3 nitrogen and oxygen atoms in total. The third kappa shape index (κ3) is 2.59. The highest BCUT2D eigenvalue weighted by Gasteiger charge is 2.25. The van der Waals surface area contributed by atoms with E-state index in [0.717, 1.165) is 19.5 Å². The van der Waals surface area contributed by atoms with Crippen molar-refractivity contribution in [3.63, 3.8) is 0 Å². The summed E-state index contributed by atoms with van der Waals surface area (Å²) in [6.07, 6.45) is 7.90. The van der Waals surface area contributed by atoms with Crippen molar-refractivity contribution in [2.24, 2.45) is 0 Å². The molecule has 0 amide bonds. The molecule has 0 aliphatic carbocycles. The SMILES string of the molecule is N#CCCCN1CCC[C@@H]1c1cccnc1. The molecule has 0 bridgehead atoms. The van der Waals surface area contributed by atoms with E-state index in [2.05, 4.69) is 22.0 Å². The quantitative estimate of drug-likeness (QED) is 0.724. The minimum absolute atomic E-state index is 0.521. The van der Waals surface area contributed by atoms with Crippen molar-refractivity contribution >= 4 is 0 Å². The molecule has 1 aromatic rings. The van der Waals surface area contributed by atoms with E-state index in [1.165, 1.54) is 18.4 Å². The first-order chi connectivity index (χ1) is 7.92. The van der Waals surface area contributed by atoms with Crippen LogP contribution < -0.4 is 0 Å². The highest BCUT2D eigenvalue weighted by atomic mass is 15.2. The highest BCUT2D eigenvalue weighted by molar-refractivity contribution is 5.15. The number of pyridine rings is 1. The summed E-state index contributed by atoms with van der Waals surface area (Å²) in [5.74, 6) is 0. The second-order valence-electron chi connectivity index (χ2n) is 4.24. The van der Waals surface area contributed by atoms with Crippen LogP contribution in [-0.4, -0.2) is 23.0 Å². The number of likely N-dealkylation sites (tertiary alicyclic amines) is 1. The van der Waals surface area contributed by atoms with Crippen molar-refractivity contribution in [1.82, 2.24) is 9.88 Å². The molecule has 84 valence electrons. The van der Waals surface area contributed by atoms with Gasteiger partial charge in [0.2, 0.25) is 0 Å². The van der Waals surface area contributed by atoms with Crippen molar-refractivity contribution in [3.05, 3.63) is 30.1 Å². The van der Waals surface area contributed by atoms with E-state index >= 15 is 0 Å². The molecule has 16 heavy (non-hydrogen) atoms. The summed E-state index contributed by atoms with van der Waals surface area (Å²) >= 11 is 0. The Labute approximate surface area is 96.7 Å². The van der Waals surface area contributed by atoms with Crippen molar-refractivity contribution in [3.8, 4) is 6.07 Å². The average molecular weight is 215 g/mol. The Morgan fingerprint density at radius 2 is 2.50 bits per heavy atom. The first kappa shape index (κ1) is 11.1. The molecule has 3 heteroatoms. The highest BCUT2D eigenvalue weighted by Crippen LogP contribution is 2.31. The van der Waals surface area contributed by atoms with Crippen molar-refractivity contribution < 1.29 is 0 Å². The van der Waals surface area contributed by atoms with Gasteiger partial charge in [0.15, 0.2) is 0 Å². The number of aromatic nitrogens is 1. The van der Waals surface area contributed by atoms with Gasteiger partial charge < -0.3 is 0 Å². The molecular weight excluding hydrogens is 198 g/mol. The van der Waals surface area contributed by atoms with E-state index in [1.807, 2.05) is 18.5 Å². The molecule has 1 aliphatic rings. The van der Waals surface area contributed by atoms with Crippen LogP contribution in [0.15, 0.2) is 24.5 Å². The minimum atomic E-state index is 0.521. The van der Waals surface area contributed by atoms with Gasteiger partial charge in [0.25, 0.3) is 0 Å². The second kappa shape index (κ2) is 5.62. The average Bonchev–Trinajstić information content (AvgIpc) is 2.79. The van der Waals surface area contributed by atoms with E-state index in [1.54, 1.807) is 0 Å². The maximum atomic E-state index is 8.54. The van der Waals surface area contributed by atoms with Gasteiger partial charge in [-0.25, -0.2) is 0 Å². The lowest BCUT2D eigenvalue weighted by Crippen LogP contribution is -2.24. The summed E-state index contributed by atoms with van der Waals surface area (Å²) in [5.41, 5.74) is 1.32. The fourth-order valence-corrected chi connectivity index (χ4v) is 2.41. The van der Waals surface area contributed by atoms with Gasteiger partial charge in [-0.3, -0.25) is 9.88 Å². The summed E-state index contributed by atoms with van der Waals surface area (Å²) in [6.45, 7) is 2.19. The van der Waals surface area contributed by atoms with Crippen LogP contribution in [0.4, 0.5) is 0 Å². The van der Waals surface area contributed by atoms with Crippen LogP contribution in [0, 0.1) is 11.3 Å². The largest absolute Gasteiger partial charge is 0.296 e.